The zero-order chi connectivity index (χ0) is 15.6. The molecular weight excluding hydrogens is 272 g/mol. The number of pyridine rings is 1. The van der Waals surface area contributed by atoms with Crippen molar-refractivity contribution in [3.63, 3.8) is 0 Å². The first-order valence-corrected chi connectivity index (χ1v) is 6.49. The summed E-state index contributed by atoms with van der Waals surface area (Å²) in [6.07, 6.45) is 2.83. The smallest absolute Gasteiger partial charge is 0.412 e. The molecule has 7 nitrogen and oxygen atoms in total. The first kappa shape index (κ1) is 14.8. The van der Waals surface area contributed by atoms with E-state index in [9.17, 15) is 9.59 Å². The Morgan fingerprint density at radius 1 is 1.43 bits per heavy atom. The van der Waals surface area contributed by atoms with Crippen molar-refractivity contribution >= 4 is 23.3 Å². The third-order valence-electron chi connectivity index (χ3n) is 2.60. The molecule has 0 saturated heterocycles. The summed E-state index contributed by atoms with van der Waals surface area (Å²) in [7, 11) is 0. The van der Waals surface area contributed by atoms with Crippen LogP contribution >= 0.6 is 0 Å². The predicted octanol–water partition coefficient (Wildman–Crippen LogP) is 1.71. The van der Waals surface area contributed by atoms with E-state index in [-0.39, 0.29) is 6.42 Å². The molecule has 0 bridgehead atoms. The third-order valence-corrected chi connectivity index (χ3v) is 2.60. The van der Waals surface area contributed by atoms with Crippen molar-refractivity contribution in [3.8, 4) is 0 Å². The topological polar surface area (TPSA) is 98.7 Å². The zero-order valence-corrected chi connectivity index (χ0v) is 12.2. The molecule has 2 aromatic heterocycles. The van der Waals surface area contributed by atoms with Gasteiger partial charge in [-0.2, -0.15) is 0 Å². The molecule has 2 amide bonds. The molecule has 0 atom stereocenters. The summed E-state index contributed by atoms with van der Waals surface area (Å²) in [6, 6.07) is 3.45. The van der Waals surface area contributed by atoms with E-state index in [2.05, 4.69) is 10.3 Å². The molecule has 0 fully saturated rings. The van der Waals surface area contributed by atoms with Crippen LogP contribution in [0.3, 0.4) is 0 Å². The normalized spacial score (nSPS) is 11.4. The average Bonchev–Trinajstić information content (AvgIpc) is 2.70. The highest BCUT2D eigenvalue weighted by molar-refractivity contribution is 5.89. The van der Waals surface area contributed by atoms with Crippen LogP contribution in [0.15, 0.2) is 24.5 Å². The molecule has 0 aliphatic rings. The number of aromatic nitrogens is 2. The number of carbonyl (C=O) groups excluding carboxylic acids is 2. The number of primary amides is 1. The summed E-state index contributed by atoms with van der Waals surface area (Å²) in [5.41, 5.74) is 6.30. The second-order valence-corrected chi connectivity index (χ2v) is 5.63. The molecule has 3 N–H and O–H groups in total. The van der Waals surface area contributed by atoms with Gasteiger partial charge in [0.25, 0.3) is 0 Å². The van der Waals surface area contributed by atoms with E-state index in [0.717, 1.165) is 0 Å². The number of anilines is 1. The number of nitrogens with zero attached hydrogens (tertiary/aromatic N) is 2. The highest BCUT2D eigenvalue weighted by Crippen LogP contribution is 2.18. The summed E-state index contributed by atoms with van der Waals surface area (Å²) in [4.78, 5) is 27.0. The maximum absolute atomic E-state index is 11.8. The number of fused-ring (bicyclic) bond motifs is 1. The van der Waals surface area contributed by atoms with Crippen LogP contribution in [0.1, 0.15) is 26.5 Å². The fraction of sp³-hybridized carbons (Fsp3) is 0.357. The van der Waals surface area contributed by atoms with Crippen molar-refractivity contribution in [2.45, 2.75) is 32.8 Å². The summed E-state index contributed by atoms with van der Waals surface area (Å²) < 4.78 is 6.91. The Morgan fingerprint density at radius 3 is 2.76 bits per heavy atom. The van der Waals surface area contributed by atoms with Crippen LogP contribution in [0.4, 0.5) is 10.5 Å². The van der Waals surface area contributed by atoms with Crippen molar-refractivity contribution in [2.24, 2.45) is 5.73 Å². The van der Waals surface area contributed by atoms with Gasteiger partial charge in [0.15, 0.2) is 5.65 Å². The summed E-state index contributed by atoms with van der Waals surface area (Å²) in [5.74, 6) is -0.442. The predicted molar refractivity (Wildman–Crippen MR) is 77.9 cm³/mol. The second kappa shape index (κ2) is 5.43. The average molecular weight is 290 g/mol. The van der Waals surface area contributed by atoms with E-state index >= 15 is 0 Å². The molecule has 0 unspecified atom stereocenters. The van der Waals surface area contributed by atoms with Crippen molar-refractivity contribution in [1.29, 1.82) is 0 Å². The molecule has 0 aromatic carbocycles. The summed E-state index contributed by atoms with van der Waals surface area (Å²) >= 11 is 0. The molecule has 112 valence electrons. The largest absolute Gasteiger partial charge is 0.444 e. The monoisotopic (exact) mass is 290 g/mol. The zero-order valence-electron chi connectivity index (χ0n) is 12.2. The molecule has 0 radical (unpaired) electrons. The van der Waals surface area contributed by atoms with E-state index < -0.39 is 17.6 Å². The molecule has 0 spiro atoms. The number of imidazole rings is 1. The Kier molecular flexibility index (Phi) is 3.84. The SMILES string of the molecule is CC(C)(C)OC(=O)Nc1cccn2c(CC(N)=O)cnc12. The minimum Gasteiger partial charge on any atom is -0.444 e. The quantitative estimate of drug-likeness (QED) is 0.898. The molecule has 2 rings (SSSR count). The highest BCUT2D eigenvalue weighted by Gasteiger charge is 2.17. The van der Waals surface area contributed by atoms with Gasteiger partial charge in [0.1, 0.15) is 5.60 Å². The first-order chi connectivity index (χ1) is 9.76. The van der Waals surface area contributed by atoms with Crippen molar-refractivity contribution < 1.29 is 14.3 Å². The second-order valence-electron chi connectivity index (χ2n) is 5.63. The van der Waals surface area contributed by atoms with Crippen molar-refractivity contribution in [3.05, 3.63) is 30.2 Å². The Morgan fingerprint density at radius 2 is 2.14 bits per heavy atom. The first-order valence-electron chi connectivity index (χ1n) is 6.49. The molecule has 2 heterocycles. The van der Waals surface area contributed by atoms with Gasteiger partial charge in [0.05, 0.1) is 17.8 Å². The van der Waals surface area contributed by atoms with E-state index in [4.69, 9.17) is 10.5 Å². The van der Waals surface area contributed by atoms with E-state index in [1.54, 1.807) is 49.7 Å². The van der Waals surface area contributed by atoms with E-state index in [1.165, 1.54) is 0 Å². The van der Waals surface area contributed by atoms with Gasteiger partial charge >= 0.3 is 6.09 Å². The van der Waals surface area contributed by atoms with Crippen LogP contribution in [0.25, 0.3) is 5.65 Å². The van der Waals surface area contributed by atoms with Crippen molar-refractivity contribution in [2.75, 3.05) is 5.32 Å². The molecule has 0 aliphatic heterocycles. The van der Waals surface area contributed by atoms with Crippen LogP contribution < -0.4 is 11.1 Å². The third kappa shape index (κ3) is 3.71. The molecule has 2 aromatic rings. The van der Waals surface area contributed by atoms with Gasteiger partial charge in [-0.25, -0.2) is 9.78 Å². The minimum atomic E-state index is -0.582. The van der Waals surface area contributed by atoms with Gasteiger partial charge in [-0.05, 0) is 32.9 Å². The number of carbonyl (C=O) groups is 2. The fourth-order valence-electron chi connectivity index (χ4n) is 1.88. The Bertz CT molecular complexity index is 685. The number of hydrogen-bond acceptors (Lipinski definition) is 4. The lowest BCUT2D eigenvalue weighted by Crippen LogP contribution is -2.27. The van der Waals surface area contributed by atoms with Crippen LogP contribution in [-0.2, 0) is 16.0 Å². The minimum absolute atomic E-state index is 0.0804. The Hall–Kier alpha value is -2.57. The summed E-state index contributed by atoms with van der Waals surface area (Å²) in [5, 5.41) is 2.65. The van der Waals surface area contributed by atoms with E-state index in [0.29, 0.717) is 17.0 Å². The van der Waals surface area contributed by atoms with Gasteiger partial charge in [-0.15, -0.1) is 0 Å². The number of nitrogens with two attached hydrogens (primary N) is 1. The van der Waals surface area contributed by atoms with Crippen LogP contribution in [0.2, 0.25) is 0 Å². The van der Waals surface area contributed by atoms with Crippen LogP contribution in [0.5, 0.6) is 0 Å². The lowest BCUT2D eigenvalue weighted by Gasteiger charge is -2.19. The number of ether oxygens (including phenoxy) is 1. The molecule has 7 heteroatoms. The highest BCUT2D eigenvalue weighted by atomic mass is 16.6. The van der Waals surface area contributed by atoms with Gasteiger partial charge in [-0.3, -0.25) is 10.1 Å². The standard InChI is InChI=1S/C14H18N4O3/c1-14(2,3)21-13(20)17-10-5-4-6-18-9(7-11(15)19)8-16-12(10)18/h4-6,8H,7H2,1-3H3,(H2,15,19)(H,17,20). The molecule has 0 aliphatic carbocycles. The number of amides is 2. The lowest BCUT2D eigenvalue weighted by atomic mass is 10.2. The van der Waals surface area contributed by atoms with Gasteiger partial charge in [0, 0.05) is 12.4 Å². The molecule has 0 saturated carbocycles. The number of hydrogen-bond donors (Lipinski definition) is 2. The van der Waals surface area contributed by atoms with Gasteiger partial charge in [-0.1, -0.05) is 0 Å². The van der Waals surface area contributed by atoms with Gasteiger partial charge < -0.3 is 14.9 Å². The maximum atomic E-state index is 11.8. The molecular formula is C14H18N4O3. The fourth-order valence-corrected chi connectivity index (χ4v) is 1.88. The van der Waals surface area contributed by atoms with E-state index in [1.807, 2.05) is 0 Å². The maximum Gasteiger partial charge on any atom is 0.412 e. The van der Waals surface area contributed by atoms with Crippen LogP contribution in [-0.4, -0.2) is 27.0 Å². The summed E-state index contributed by atoms with van der Waals surface area (Å²) in [6.45, 7) is 5.36. The number of rotatable bonds is 3. The van der Waals surface area contributed by atoms with Crippen molar-refractivity contribution in [1.82, 2.24) is 9.38 Å². The molecule has 21 heavy (non-hydrogen) atoms. The van der Waals surface area contributed by atoms with Gasteiger partial charge in [0.2, 0.25) is 5.91 Å². The Labute approximate surface area is 122 Å². The number of nitrogens with one attached hydrogen (secondary N) is 1. The lowest BCUT2D eigenvalue weighted by molar-refractivity contribution is -0.117. The Balaban J connectivity index is 2.27. The van der Waals surface area contributed by atoms with Crippen LogP contribution in [0, 0.1) is 0 Å².